The van der Waals surface area contributed by atoms with Gasteiger partial charge in [0.05, 0.1) is 12.6 Å². The van der Waals surface area contributed by atoms with Gasteiger partial charge in [0, 0.05) is 12.6 Å². The highest BCUT2D eigenvalue weighted by molar-refractivity contribution is 5.81. The van der Waals surface area contributed by atoms with Gasteiger partial charge < -0.3 is 21.0 Å². The molecule has 5 heteroatoms. The first-order chi connectivity index (χ1) is 6.81. The van der Waals surface area contributed by atoms with Crippen LogP contribution in [0.15, 0.2) is 5.16 Å². The van der Waals surface area contributed by atoms with Gasteiger partial charge in [0.1, 0.15) is 0 Å². The summed E-state index contributed by atoms with van der Waals surface area (Å²) in [6, 6.07) is 0.378. The number of hydrogen-bond donors (Lipinski definition) is 3. The van der Waals surface area contributed by atoms with Gasteiger partial charge in [0.25, 0.3) is 0 Å². The quantitative estimate of drug-likeness (QED) is 0.255. The number of nitrogens with one attached hydrogen (secondary N) is 1. The smallest absolute Gasteiger partial charge is 0.153 e. The van der Waals surface area contributed by atoms with E-state index >= 15 is 0 Å². The number of nitrogens with two attached hydrogens (primary N) is 1. The molecule has 14 heavy (non-hydrogen) atoms. The van der Waals surface area contributed by atoms with Gasteiger partial charge in [0.15, 0.2) is 5.84 Å². The van der Waals surface area contributed by atoms with Crippen LogP contribution in [0.25, 0.3) is 0 Å². The van der Waals surface area contributed by atoms with Crippen LogP contribution in [0.3, 0.4) is 0 Å². The monoisotopic (exact) mass is 199 g/mol. The third-order valence-corrected chi connectivity index (χ3v) is 2.90. The molecule has 0 amide bonds. The van der Waals surface area contributed by atoms with Gasteiger partial charge in [-0.05, 0) is 25.2 Å². The lowest BCUT2D eigenvalue weighted by Crippen LogP contribution is -2.42. The summed E-state index contributed by atoms with van der Waals surface area (Å²) in [4.78, 5) is 0. The second kappa shape index (κ2) is 4.14. The van der Waals surface area contributed by atoms with Crippen LogP contribution in [0, 0.1) is 5.92 Å². The molecule has 0 bridgehead atoms. The topological polar surface area (TPSA) is 79.9 Å². The van der Waals surface area contributed by atoms with E-state index in [4.69, 9.17) is 15.7 Å². The van der Waals surface area contributed by atoms with E-state index in [0.717, 1.165) is 18.9 Å². The van der Waals surface area contributed by atoms with Gasteiger partial charge in [-0.15, -0.1) is 0 Å². The van der Waals surface area contributed by atoms with Crippen LogP contribution in [-0.2, 0) is 4.74 Å². The maximum atomic E-state index is 8.39. The number of hydrogen-bond acceptors (Lipinski definition) is 4. The van der Waals surface area contributed by atoms with Crippen molar-refractivity contribution in [2.45, 2.75) is 31.4 Å². The van der Waals surface area contributed by atoms with Gasteiger partial charge >= 0.3 is 0 Å². The van der Waals surface area contributed by atoms with Crippen LogP contribution in [0.1, 0.15) is 19.3 Å². The van der Waals surface area contributed by atoms with Crippen molar-refractivity contribution in [3.8, 4) is 0 Å². The van der Waals surface area contributed by atoms with Crippen molar-refractivity contribution in [2.24, 2.45) is 16.8 Å². The third-order valence-electron chi connectivity index (χ3n) is 2.90. The minimum Gasteiger partial charge on any atom is -0.409 e. The lowest BCUT2D eigenvalue weighted by Gasteiger charge is -2.18. The fourth-order valence-electron chi connectivity index (χ4n) is 1.99. The normalized spacial score (nSPS) is 33.6. The van der Waals surface area contributed by atoms with E-state index in [1.165, 1.54) is 12.8 Å². The molecule has 80 valence electrons. The zero-order valence-corrected chi connectivity index (χ0v) is 8.15. The summed E-state index contributed by atoms with van der Waals surface area (Å²) in [5, 5.41) is 14.6. The summed E-state index contributed by atoms with van der Waals surface area (Å²) in [6.45, 7) is 1.27. The predicted octanol–water partition coefficient (Wildman–Crippen LogP) is -0.110. The van der Waals surface area contributed by atoms with E-state index in [-0.39, 0.29) is 5.84 Å². The van der Waals surface area contributed by atoms with Gasteiger partial charge in [-0.25, -0.2) is 0 Å². The van der Waals surface area contributed by atoms with Crippen LogP contribution < -0.4 is 11.1 Å². The van der Waals surface area contributed by atoms with Crippen LogP contribution in [0.5, 0.6) is 0 Å². The van der Waals surface area contributed by atoms with Crippen LogP contribution in [-0.4, -0.2) is 36.3 Å². The molecule has 1 aliphatic carbocycles. The first-order valence-electron chi connectivity index (χ1n) is 5.12. The fourth-order valence-corrected chi connectivity index (χ4v) is 1.99. The van der Waals surface area contributed by atoms with Crippen molar-refractivity contribution >= 4 is 5.84 Å². The van der Waals surface area contributed by atoms with Crippen molar-refractivity contribution in [1.82, 2.24) is 5.32 Å². The third kappa shape index (κ3) is 2.16. The molecule has 0 aromatic heterocycles. The number of rotatable bonds is 4. The minimum atomic E-state index is 0.228. The highest BCUT2D eigenvalue weighted by Crippen LogP contribution is 2.38. The van der Waals surface area contributed by atoms with E-state index < -0.39 is 0 Å². The molecule has 2 rings (SSSR count). The largest absolute Gasteiger partial charge is 0.409 e. The maximum absolute atomic E-state index is 8.39. The molecule has 0 aromatic rings. The molecule has 0 aromatic carbocycles. The van der Waals surface area contributed by atoms with E-state index in [2.05, 4.69) is 10.5 Å². The summed E-state index contributed by atoms with van der Waals surface area (Å²) >= 11 is 0. The first kappa shape index (κ1) is 9.73. The Hall–Kier alpha value is -0.810. The van der Waals surface area contributed by atoms with Crippen molar-refractivity contribution in [1.29, 1.82) is 0 Å². The van der Waals surface area contributed by atoms with E-state index in [1.54, 1.807) is 0 Å². The SMILES string of the molecule is NC(CNC1CCOC1C1CC1)=NO. The molecule has 5 nitrogen and oxygen atoms in total. The fraction of sp³-hybridized carbons (Fsp3) is 0.889. The Kier molecular flexibility index (Phi) is 2.88. The second-order valence-corrected chi connectivity index (χ2v) is 4.04. The number of oxime groups is 1. The standard InChI is InChI=1S/C9H17N3O2/c10-8(12-13)5-11-7-3-4-14-9(7)6-1-2-6/h6-7,9,11,13H,1-5H2,(H2,10,12). The highest BCUT2D eigenvalue weighted by atomic mass is 16.5. The summed E-state index contributed by atoms with van der Waals surface area (Å²) in [5.41, 5.74) is 5.38. The Bertz CT molecular complexity index is 228. The number of amidine groups is 1. The molecule has 2 unspecified atom stereocenters. The molecule has 2 atom stereocenters. The molecule has 2 aliphatic rings. The summed E-state index contributed by atoms with van der Waals surface area (Å²) in [5.74, 6) is 0.966. The van der Waals surface area contributed by atoms with E-state index in [9.17, 15) is 0 Å². The lowest BCUT2D eigenvalue weighted by molar-refractivity contribution is 0.0820. The van der Waals surface area contributed by atoms with Crippen molar-refractivity contribution < 1.29 is 9.94 Å². The Morgan fingerprint density at radius 2 is 2.29 bits per heavy atom. The molecule has 0 radical (unpaired) electrons. The lowest BCUT2D eigenvalue weighted by atomic mass is 10.1. The van der Waals surface area contributed by atoms with Gasteiger partial charge in [-0.2, -0.15) is 0 Å². The zero-order chi connectivity index (χ0) is 9.97. The van der Waals surface area contributed by atoms with Gasteiger partial charge in [0.2, 0.25) is 0 Å². The van der Waals surface area contributed by atoms with Crippen molar-refractivity contribution in [3.05, 3.63) is 0 Å². The van der Waals surface area contributed by atoms with Crippen LogP contribution >= 0.6 is 0 Å². The summed E-state index contributed by atoms with van der Waals surface area (Å²) < 4.78 is 5.65. The Balaban J connectivity index is 1.78. The molecule has 1 aliphatic heterocycles. The van der Waals surface area contributed by atoms with Gasteiger partial charge in [-0.3, -0.25) is 0 Å². The molecule has 0 spiro atoms. The second-order valence-electron chi connectivity index (χ2n) is 4.04. The average Bonchev–Trinajstić information content (AvgIpc) is 2.94. The molecular formula is C9H17N3O2. The number of ether oxygens (including phenoxy) is 1. The Morgan fingerprint density at radius 3 is 2.93 bits per heavy atom. The Morgan fingerprint density at radius 1 is 1.50 bits per heavy atom. The predicted molar refractivity (Wildman–Crippen MR) is 52.3 cm³/mol. The average molecular weight is 199 g/mol. The maximum Gasteiger partial charge on any atom is 0.153 e. The molecular weight excluding hydrogens is 182 g/mol. The summed E-state index contributed by atoms with van der Waals surface area (Å²) in [6.07, 6.45) is 3.94. The molecule has 1 saturated carbocycles. The Labute approximate surface area is 83.3 Å². The molecule has 1 saturated heterocycles. The summed E-state index contributed by atoms with van der Waals surface area (Å²) in [7, 11) is 0. The molecule has 1 heterocycles. The highest BCUT2D eigenvalue weighted by Gasteiger charge is 2.40. The van der Waals surface area contributed by atoms with E-state index in [1.807, 2.05) is 0 Å². The van der Waals surface area contributed by atoms with Crippen LogP contribution in [0.4, 0.5) is 0 Å². The molecule has 4 N–H and O–H groups in total. The zero-order valence-electron chi connectivity index (χ0n) is 8.15. The van der Waals surface area contributed by atoms with Crippen molar-refractivity contribution in [2.75, 3.05) is 13.2 Å². The molecule has 2 fully saturated rings. The van der Waals surface area contributed by atoms with E-state index in [0.29, 0.717) is 18.7 Å². The van der Waals surface area contributed by atoms with Gasteiger partial charge in [-0.1, -0.05) is 5.16 Å². The first-order valence-corrected chi connectivity index (χ1v) is 5.12. The van der Waals surface area contributed by atoms with Crippen LogP contribution in [0.2, 0.25) is 0 Å². The number of nitrogens with zero attached hydrogens (tertiary/aromatic N) is 1. The van der Waals surface area contributed by atoms with Crippen molar-refractivity contribution in [3.63, 3.8) is 0 Å². The minimum absolute atomic E-state index is 0.228.